The second-order valence-corrected chi connectivity index (χ2v) is 4.90. The van der Waals surface area contributed by atoms with Crippen molar-refractivity contribution in [3.05, 3.63) is 0 Å². The van der Waals surface area contributed by atoms with Crippen LogP contribution >= 0.6 is 0 Å². The van der Waals surface area contributed by atoms with Crippen molar-refractivity contribution >= 4 is 5.97 Å². The molecule has 0 radical (unpaired) electrons. The molecular formula is C12H21NO2. The van der Waals surface area contributed by atoms with Crippen LogP contribution in [0.2, 0.25) is 0 Å². The largest absolute Gasteiger partial charge is 0.481 e. The van der Waals surface area contributed by atoms with E-state index in [0.717, 1.165) is 19.5 Å². The van der Waals surface area contributed by atoms with Gasteiger partial charge in [-0.05, 0) is 38.3 Å². The number of rotatable bonds is 3. The van der Waals surface area contributed by atoms with Crippen molar-refractivity contribution in [1.29, 1.82) is 0 Å². The van der Waals surface area contributed by atoms with Crippen molar-refractivity contribution in [2.45, 2.75) is 45.1 Å². The fourth-order valence-corrected chi connectivity index (χ4v) is 3.44. The monoisotopic (exact) mass is 211 g/mol. The standard InChI is InChI=1S/C12H21NO2/c1-2-13-8-7-10(12(14)15)11(13)9-5-3-4-6-9/h9-11H,2-8H2,1H3,(H,14,15)/t10-,11+/m0/s1. The van der Waals surface area contributed by atoms with Gasteiger partial charge in [0.1, 0.15) is 0 Å². The van der Waals surface area contributed by atoms with E-state index in [-0.39, 0.29) is 5.92 Å². The zero-order chi connectivity index (χ0) is 10.8. The van der Waals surface area contributed by atoms with E-state index < -0.39 is 5.97 Å². The van der Waals surface area contributed by atoms with E-state index in [1.165, 1.54) is 25.7 Å². The minimum Gasteiger partial charge on any atom is -0.481 e. The summed E-state index contributed by atoms with van der Waals surface area (Å²) in [7, 11) is 0. The van der Waals surface area contributed by atoms with Crippen LogP contribution < -0.4 is 0 Å². The van der Waals surface area contributed by atoms with E-state index in [1.807, 2.05) is 0 Å². The Hall–Kier alpha value is -0.570. The molecule has 2 fully saturated rings. The van der Waals surface area contributed by atoms with E-state index >= 15 is 0 Å². The molecule has 1 aliphatic carbocycles. The molecule has 1 saturated heterocycles. The molecule has 1 aliphatic heterocycles. The van der Waals surface area contributed by atoms with Gasteiger partial charge < -0.3 is 5.11 Å². The third-order valence-corrected chi connectivity index (χ3v) is 4.17. The van der Waals surface area contributed by atoms with E-state index in [4.69, 9.17) is 0 Å². The molecule has 2 atom stereocenters. The summed E-state index contributed by atoms with van der Waals surface area (Å²) in [6.07, 6.45) is 5.93. The second-order valence-electron chi connectivity index (χ2n) is 4.90. The van der Waals surface area contributed by atoms with Crippen LogP contribution in [0, 0.1) is 11.8 Å². The Kier molecular flexibility index (Phi) is 3.29. The lowest BCUT2D eigenvalue weighted by Crippen LogP contribution is -2.40. The molecule has 0 aromatic heterocycles. The van der Waals surface area contributed by atoms with Crippen LogP contribution in [0.5, 0.6) is 0 Å². The summed E-state index contributed by atoms with van der Waals surface area (Å²) in [5.74, 6) is -0.0375. The molecule has 1 N–H and O–H groups in total. The summed E-state index contributed by atoms with van der Waals surface area (Å²) in [6.45, 7) is 4.13. The third-order valence-electron chi connectivity index (χ3n) is 4.17. The molecule has 3 nitrogen and oxygen atoms in total. The van der Waals surface area contributed by atoms with Crippen molar-refractivity contribution in [1.82, 2.24) is 4.90 Å². The van der Waals surface area contributed by atoms with Crippen LogP contribution in [-0.2, 0) is 4.79 Å². The van der Waals surface area contributed by atoms with Crippen molar-refractivity contribution < 1.29 is 9.90 Å². The van der Waals surface area contributed by atoms with Crippen molar-refractivity contribution in [3.63, 3.8) is 0 Å². The highest BCUT2D eigenvalue weighted by Crippen LogP contribution is 2.38. The smallest absolute Gasteiger partial charge is 0.308 e. The highest BCUT2D eigenvalue weighted by atomic mass is 16.4. The molecule has 1 saturated carbocycles. The summed E-state index contributed by atoms with van der Waals surface area (Å²) in [6, 6.07) is 0.329. The molecule has 0 unspecified atom stereocenters. The minimum absolute atomic E-state index is 0.104. The average molecular weight is 211 g/mol. The molecule has 1 heterocycles. The lowest BCUT2D eigenvalue weighted by Gasteiger charge is -2.30. The molecule has 3 heteroatoms. The number of aliphatic carboxylic acids is 1. The fourth-order valence-electron chi connectivity index (χ4n) is 3.44. The molecular weight excluding hydrogens is 190 g/mol. The van der Waals surface area contributed by atoms with Gasteiger partial charge in [-0.1, -0.05) is 19.8 Å². The minimum atomic E-state index is -0.581. The van der Waals surface area contributed by atoms with Crippen molar-refractivity contribution in [2.75, 3.05) is 13.1 Å². The van der Waals surface area contributed by atoms with Gasteiger partial charge in [0.05, 0.1) is 5.92 Å². The van der Waals surface area contributed by atoms with E-state index in [9.17, 15) is 9.90 Å². The molecule has 15 heavy (non-hydrogen) atoms. The molecule has 0 spiro atoms. The fraction of sp³-hybridized carbons (Fsp3) is 0.917. The van der Waals surface area contributed by atoms with Gasteiger partial charge in [-0.25, -0.2) is 0 Å². The Bertz CT molecular complexity index is 236. The number of nitrogens with zero attached hydrogens (tertiary/aromatic N) is 1. The van der Waals surface area contributed by atoms with Crippen molar-refractivity contribution in [2.24, 2.45) is 11.8 Å². The molecule has 2 rings (SSSR count). The molecule has 2 aliphatic rings. The van der Waals surface area contributed by atoms with Gasteiger partial charge in [-0.3, -0.25) is 9.69 Å². The summed E-state index contributed by atoms with van der Waals surface area (Å²) < 4.78 is 0. The highest BCUT2D eigenvalue weighted by Gasteiger charge is 2.42. The lowest BCUT2D eigenvalue weighted by molar-refractivity contribution is -0.143. The van der Waals surface area contributed by atoms with Gasteiger partial charge >= 0.3 is 5.97 Å². The van der Waals surface area contributed by atoms with Gasteiger partial charge in [0.15, 0.2) is 0 Å². The summed E-state index contributed by atoms with van der Waals surface area (Å²) in [5, 5.41) is 9.23. The van der Waals surface area contributed by atoms with Crippen LogP contribution in [0.4, 0.5) is 0 Å². The van der Waals surface area contributed by atoms with Gasteiger partial charge in [-0.2, -0.15) is 0 Å². The third kappa shape index (κ3) is 2.03. The maximum absolute atomic E-state index is 11.2. The number of carboxylic acids is 1. The Balaban J connectivity index is 2.10. The number of hydrogen-bond acceptors (Lipinski definition) is 2. The predicted octanol–water partition coefficient (Wildman–Crippen LogP) is 1.97. The summed E-state index contributed by atoms with van der Waals surface area (Å²) in [5.41, 5.74) is 0. The second kappa shape index (κ2) is 4.52. The number of carboxylic acid groups (broad SMARTS) is 1. The Morgan fingerprint density at radius 1 is 1.33 bits per heavy atom. The Morgan fingerprint density at radius 2 is 2.00 bits per heavy atom. The normalized spacial score (nSPS) is 33.7. The summed E-state index contributed by atoms with van der Waals surface area (Å²) in [4.78, 5) is 13.6. The first-order chi connectivity index (χ1) is 7.24. The zero-order valence-corrected chi connectivity index (χ0v) is 9.48. The first kappa shape index (κ1) is 10.9. The molecule has 0 bridgehead atoms. The quantitative estimate of drug-likeness (QED) is 0.776. The molecule has 86 valence electrons. The van der Waals surface area contributed by atoms with E-state index in [2.05, 4.69) is 11.8 Å². The Labute approximate surface area is 91.5 Å². The molecule has 0 aromatic carbocycles. The van der Waals surface area contributed by atoms with Crippen LogP contribution in [0.25, 0.3) is 0 Å². The average Bonchev–Trinajstić information content (AvgIpc) is 2.85. The zero-order valence-electron chi connectivity index (χ0n) is 9.48. The SMILES string of the molecule is CCN1CC[C@H](C(=O)O)[C@H]1C1CCCC1. The maximum atomic E-state index is 11.2. The maximum Gasteiger partial charge on any atom is 0.308 e. The van der Waals surface area contributed by atoms with Crippen LogP contribution in [0.3, 0.4) is 0 Å². The summed E-state index contributed by atoms with van der Waals surface area (Å²) >= 11 is 0. The van der Waals surface area contributed by atoms with Crippen LogP contribution in [0.1, 0.15) is 39.0 Å². The predicted molar refractivity (Wildman–Crippen MR) is 58.7 cm³/mol. The highest BCUT2D eigenvalue weighted by molar-refractivity contribution is 5.71. The first-order valence-electron chi connectivity index (χ1n) is 6.21. The van der Waals surface area contributed by atoms with E-state index in [1.54, 1.807) is 0 Å². The van der Waals surface area contributed by atoms with Crippen molar-refractivity contribution in [3.8, 4) is 0 Å². The lowest BCUT2D eigenvalue weighted by atomic mass is 9.88. The first-order valence-corrected chi connectivity index (χ1v) is 6.21. The van der Waals surface area contributed by atoms with Gasteiger partial charge in [0.2, 0.25) is 0 Å². The Morgan fingerprint density at radius 3 is 2.53 bits per heavy atom. The molecule has 0 amide bonds. The van der Waals surface area contributed by atoms with Gasteiger partial charge in [-0.15, -0.1) is 0 Å². The molecule has 0 aromatic rings. The van der Waals surface area contributed by atoms with Gasteiger partial charge in [0.25, 0.3) is 0 Å². The number of hydrogen-bond donors (Lipinski definition) is 1. The number of likely N-dealkylation sites (tertiary alicyclic amines) is 1. The topological polar surface area (TPSA) is 40.5 Å². The van der Waals surface area contributed by atoms with Gasteiger partial charge in [0, 0.05) is 6.04 Å². The van der Waals surface area contributed by atoms with Crippen LogP contribution in [0.15, 0.2) is 0 Å². The number of carbonyl (C=O) groups is 1. The van der Waals surface area contributed by atoms with Crippen LogP contribution in [-0.4, -0.2) is 35.1 Å². The van der Waals surface area contributed by atoms with E-state index in [0.29, 0.717) is 12.0 Å².